The van der Waals surface area contributed by atoms with E-state index in [0.717, 1.165) is 0 Å². The third kappa shape index (κ3) is 1.84. The highest BCUT2D eigenvalue weighted by molar-refractivity contribution is 6.16. The highest BCUT2D eigenvalue weighted by atomic mass is 16.3. The smallest absolute Gasteiger partial charge is 0.233 e. The van der Waals surface area contributed by atoms with Crippen molar-refractivity contribution in [1.82, 2.24) is 0 Å². The van der Waals surface area contributed by atoms with Gasteiger partial charge in [0.05, 0.1) is 12.3 Å². The first-order chi connectivity index (χ1) is 7.74. The number of rotatable bonds is 2. The number of anilines is 1. The van der Waals surface area contributed by atoms with Gasteiger partial charge in [0.25, 0.3) is 0 Å². The molecule has 0 atom stereocenters. The number of aliphatic hydroxyl groups is 1. The van der Waals surface area contributed by atoms with E-state index < -0.39 is 0 Å². The van der Waals surface area contributed by atoms with E-state index in [9.17, 15) is 14.7 Å². The molecule has 16 heavy (non-hydrogen) atoms. The number of imide groups is 1. The third-order valence-corrected chi connectivity index (χ3v) is 2.68. The van der Waals surface area contributed by atoms with Gasteiger partial charge in [0.2, 0.25) is 11.8 Å². The van der Waals surface area contributed by atoms with Gasteiger partial charge in [-0.3, -0.25) is 14.5 Å². The average molecular weight is 219 g/mol. The third-order valence-electron chi connectivity index (χ3n) is 2.68. The van der Waals surface area contributed by atoms with Gasteiger partial charge in [-0.05, 0) is 12.5 Å². The Labute approximate surface area is 93.5 Å². The van der Waals surface area contributed by atoms with E-state index in [0.29, 0.717) is 30.5 Å². The van der Waals surface area contributed by atoms with E-state index in [4.69, 9.17) is 0 Å². The molecule has 1 N–H and O–H groups in total. The van der Waals surface area contributed by atoms with Crippen molar-refractivity contribution in [2.24, 2.45) is 0 Å². The molecule has 0 aromatic heterocycles. The molecule has 1 heterocycles. The highest BCUT2D eigenvalue weighted by Gasteiger charge is 2.28. The molecule has 1 aliphatic rings. The number of carbonyl (C=O) groups is 2. The molecule has 2 amide bonds. The second-order valence-electron chi connectivity index (χ2n) is 3.76. The lowest BCUT2D eigenvalue weighted by Crippen LogP contribution is -2.40. The van der Waals surface area contributed by atoms with Gasteiger partial charge in [-0.1, -0.05) is 18.2 Å². The van der Waals surface area contributed by atoms with Crippen molar-refractivity contribution in [1.29, 1.82) is 0 Å². The molecule has 1 aromatic rings. The zero-order chi connectivity index (χ0) is 11.5. The maximum absolute atomic E-state index is 11.7. The fraction of sp³-hybridized carbons (Fsp3) is 0.333. The Morgan fingerprint density at radius 1 is 1.12 bits per heavy atom. The number of piperidine rings is 1. The Morgan fingerprint density at radius 2 is 1.75 bits per heavy atom. The monoisotopic (exact) mass is 219 g/mol. The summed E-state index contributed by atoms with van der Waals surface area (Å²) in [7, 11) is 0. The van der Waals surface area contributed by atoms with Crippen molar-refractivity contribution in [2.45, 2.75) is 25.9 Å². The van der Waals surface area contributed by atoms with Crippen LogP contribution < -0.4 is 4.90 Å². The number of nitrogens with zero attached hydrogens (tertiary/aromatic N) is 1. The fourth-order valence-corrected chi connectivity index (χ4v) is 1.88. The zero-order valence-corrected chi connectivity index (χ0v) is 8.85. The summed E-state index contributed by atoms with van der Waals surface area (Å²) in [5, 5.41) is 9.17. The largest absolute Gasteiger partial charge is 0.392 e. The Morgan fingerprint density at radius 3 is 2.38 bits per heavy atom. The van der Waals surface area contributed by atoms with Crippen LogP contribution in [0.25, 0.3) is 0 Å². The molecule has 4 nitrogen and oxygen atoms in total. The van der Waals surface area contributed by atoms with Crippen molar-refractivity contribution < 1.29 is 14.7 Å². The summed E-state index contributed by atoms with van der Waals surface area (Å²) in [5.41, 5.74) is 1.12. The van der Waals surface area contributed by atoms with Crippen molar-refractivity contribution >= 4 is 17.5 Å². The molecule has 1 saturated heterocycles. The molecule has 84 valence electrons. The minimum atomic E-state index is -0.183. The number of hydrogen-bond donors (Lipinski definition) is 1. The van der Waals surface area contributed by atoms with Gasteiger partial charge in [0.15, 0.2) is 0 Å². The van der Waals surface area contributed by atoms with Crippen LogP contribution in [0.15, 0.2) is 24.3 Å². The van der Waals surface area contributed by atoms with Crippen LogP contribution in [0.5, 0.6) is 0 Å². The fourth-order valence-electron chi connectivity index (χ4n) is 1.88. The predicted octanol–water partition coefficient (Wildman–Crippen LogP) is 1.22. The molecular weight excluding hydrogens is 206 g/mol. The molecule has 1 aromatic carbocycles. The lowest BCUT2D eigenvalue weighted by Gasteiger charge is -2.26. The summed E-state index contributed by atoms with van der Waals surface area (Å²) in [4.78, 5) is 24.6. The molecule has 1 fully saturated rings. The van der Waals surface area contributed by atoms with Crippen LogP contribution in [-0.4, -0.2) is 16.9 Å². The van der Waals surface area contributed by atoms with E-state index in [1.54, 1.807) is 24.3 Å². The van der Waals surface area contributed by atoms with Crippen LogP contribution in [0, 0.1) is 0 Å². The predicted molar refractivity (Wildman–Crippen MR) is 58.7 cm³/mol. The van der Waals surface area contributed by atoms with Gasteiger partial charge < -0.3 is 5.11 Å². The van der Waals surface area contributed by atoms with Crippen molar-refractivity contribution in [2.75, 3.05) is 4.90 Å². The van der Waals surface area contributed by atoms with E-state index in [2.05, 4.69) is 0 Å². The summed E-state index contributed by atoms with van der Waals surface area (Å²) >= 11 is 0. The second kappa shape index (κ2) is 4.45. The van der Waals surface area contributed by atoms with E-state index in [-0.39, 0.29) is 18.4 Å². The Hall–Kier alpha value is -1.68. The quantitative estimate of drug-likeness (QED) is 0.761. The molecule has 0 bridgehead atoms. The van der Waals surface area contributed by atoms with E-state index in [1.807, 2.05) is 0 Å². The summed E-state index contributed by atoms with van der Waals surface area (Å²) in [5.74, 6) is -0.366. The summed E-state index contributed by atoms with van der Waals surface area (Å²) < 4.78 is 0. The Balaban J connectivity index is 2.41. The number of amides is 2. The molecule has 4 heteroatoms. The molecule has 0 radical (unpaired) electrons. The van der Waals surface area contributed by atoms with Gasteiger partial charge in [-0.25, -0.2) is 0 Å². The lowest BCUT2D eigenvalue weighted by molar-refractivity contribution is -0.129. The Bertz CT molecular complexity index is 412. The topological polar surface area (TPSA) is 57.6 Å². The lowest BCUT2D eigenvalue weighted by atomic mass is 10.1. The van der Waals surface area contributed by atoms with E-state index in [1.165, 1.54) is 4.90 Å². The number of benzene rings is 1. The van der Waals surface area contributed by atoms with Gasteiger partial charge in [0.1, 0.15) is 0 Å². The van der Waals surface area contributed by atoms with Gasteiger partial charge in [-0.2, -0.15) is 0 Å². The number of carbonyl (C=O) groups excluding carboxylic acids is 2. The second-order valence-corrected chi connectivity index (χ2v) is 3.76. The highest BCUT2D eigenvalue weighted by Crippen LogP contribution is 2.25. The molecular formula is C12H13NO3. The minimum Gasteiger partial charge on any atom is -0.392 e. The first-order valence-corrected chi connectivity index (χ1v) is 5.28. The Kier molecular flexibility index (Phi) is 3.01. The first kappa shape index (κ1) is 10.8. The number of hydrogen-bond acceptors (Lipinski definition) is 3. The van der Waals surface area contributed by atoms with Gasteiger partial charge >= 0.3 is 0 Å². The summed E-state index contributed by atoms with van der Waals surface area (Å²) in [6.07, 6.45) is 1.41. The van der Waals surface area contributed by atoms with Crippen LogP contribution in [0.3, 0.4) is 0 Å². The molecule has 2 rings (SSSR count). The van der Waals surface area contributed by atoms with Crippen LogP contribution >= 0.6 is 0 Å². The standard InChI is InChI=1S/C12H13NO3/c14-8-9-4-1-2-5-10(9)13-11(15)6-3-7-12(13)16/h1-2,4-5,14H,3,6-8H2. The van der Waals surface area contributed by atoms with E-state index >= 15 is 0 Å². The average Bonchev–Trinajstić information content (AvgIpc) is 2.29. The SMILES string of the molecule is O=C1CCCC(=O)N1c1ccccc1CO. The maximum atomic E-state index is 11.7. The molecule has 0 aliphatic carbocycles. The number of para-hydroxylation sites is 1. The van der Waals surface area contributed by atoms with Gasteiger partial charge in [0, 0.05) is 18.4 Å². The molecule has 1 aliphatic heterocycles. The molecule has 0 unspecified atom stereocenters. The molecule has 0 spiro atoms. The maximum Gasteiger partial charge on any atom is 0.233 e. The molecule has 0 saturated carbocycles. The van der Waals surface area contributed by atoms with Crippen LogP contribution in [0.1, 0.15) is 24.8 Å². The van der Waals surface area contributed by atoms with Gasteiger partial charge in [-0.15, -0.1) is 0 Å². The van der Waals surface area contributed by atoms with Crippen molar-refractivity contribution in [3.8, 4) is 0 Å². The zero-order valence-electron chi connectivity index (χ0n) is 8.85. The van der Waals surface area contributed by atoms with Crippen LogP contribution in [0.4, 0.5) is 5.69 Å². The van der Waals surface area contributed by atoms with Crippen LogP contribution in [-0.2, 0) is 16.2 Å². The van der Waals surface area contributed by atoms with Crippen molar-refractivity contribution in [3.05, 3.63) is 29.8 Å². The first-order valence-electron chi connectivity index (χ1n) is 5.28. The summed E-state index contributed by atoms with van der Waals surface area (Å²) in [6, 6.07) is 6.93. The normalized spacial score (nSPS) is 16.7. The summed E-state index contributed by atoms with van der Waals surface area (Å²) in [6.45, 7) is -0.173. The number of aliphatic hydroxyl groups excluding tert-OH is 1. The van der Waals surface area contributed by atoms with Crippen molar-refractivity contribution in [3.63, 3.8) is 0 Å². The minimum absolute atomic E-state index is 0.173. The van der Waals surface area contributed by atoms with Crippen LogP contribution in [0.2, 0.25) is 0 Å².